The number of nitrogens with zero attached hydrogens (tertiary/aromatic N) is 1. The van der Waals surface area contributed by atoms with Crippen molar-refractivity contribution in [1.82, 2.24) is 4.90 Å². The lowest BCUT2D eigenvalue weighted by Crippen LogP contribution is -2.38. The minimum atomic E-state index is -0.747. The number of carbonyl (C=O) groups excluding carboxylic acids is 3. The molecule has 2 rings (SSSR count). The van der Waals surface area contributed by atoms with Crippen LogP contribution in [0.3, 0.4) is 0 Å². The Bertz CT molecular complexity index is 929. The molecule has 9 heteroatoms. The van der Waals surface area contributed by atoms with Crippen LogP contribution >= 0.6 is 23.2 Å². The Labute approximate surface area is 184 Å². The molecule has 0 saturated heterocycles. The molecule has 160 valence electrons. The second-order valence-electron chi connectivity index (χ2n) is 6.59. The number of anilines is 1. The minimum absolute atomic E-state index is 0.180. The Hall–Kier alpha value is -2.77. The van der Waals surface area contributed by atoms with E-state index in [9.17, 15) is 14.4 Å². The summed E-state index contributed by atoms with van der Waals surface area (Å²) < 4.78 is 10.1. The van der Waals surface area contributed by atoms with Gasteiger partial charge in [-0.25, -0.2) is 4.79 Å². The summed E-state index contributed by atoms with van der Waals surface area (Å²) in [6.45, 7) is 2.66. The number of benzene rings is 2. The summed E-state index contributed by atoms with van der Waals surface area (Å²) in [5.74, 6) is -1.35. The van der Waals surface area contributed by atoms with E-state index in [2.05, 4.69) is 5.32 Å². The smallest absolute Gasteiger partial charge is 0.344 e. The average Bonchev–Trinajstić information content (AvgIpc) is 2.68. The van der Waals surface area contributed by atoms with Crippen molar-refractivity contribution in [2.24, 2.45) is 0 Å². The number of hydrogen-bond donors (Lipinski definition) is 1. The third kappa shape index (κ3) is 6.93. The van der Waals surface area contributed by atoms with Crippen molar-refractivity contribution in [2.45, 2.75) is 13.8 Å². The van der Waals surface area contributed by atoms with Crippen LogP contribution in [0.2, 0.25) is 10.0 Å². The second-order valence-corrected chi connectivity index (χ2v) is 7.43. The summed E-state index contributed by atoms with van der Waals surface area (Å²) in [6.07, 6.45) is 0. The predicted molar refractivity (Wildman–Crippen MR) is 115 cm³/mol. The van der Waals surface area contributed by atoms with Crippen molar-refractivity contribution in [1.29, 1.82) is 0 Å². The van der Waals surface area contributed by atoms with Crippen molar-refractivity contribution in [3.05, 3.63) is 57.6 Å². The lowest BCUT2D eigenvalue weighted by molar-refractivity contribution is -0.153. The van der Waals surface area contributed by atoms with E-state index < -0.39 is 25.1 Å². The number of hydrogen-bond acceptors (Lipinski definition) is 5. The van der Waals surface area contributed by atoms with Crippen LogP contribution in [0, 0.1) is 13.8 Å². The van der Waals surface area contributed by atoms with Crippen molar-refractivity contribution < 1.29 is 23.9 Å². The Balaban J connectivity index is 1.76. The number of aryl methyl sites for hydroxylation is 2. The van der Waals surface area contributed by atoms with Gasteiger partial charge in [0, 0.05) is 17.8 Å². The van der Waals surface area contributed by atoms with Gasteiger partial charge < -0.3 is 19.7 Å². The summed E-state index contributed by atoms with van der Waals surface area (Å²) in [5.41, 5.74) is 2.56. The topological polar surface area (TPSA) is 84.9 Å². The normalized spacial score (nSPS) is 10.3. The molecule has 0 aromatic heterocycles. The van der Waals surface area contributed by atoms with Gasteiger partial charge in [-0.05, 0) is 43.2 Å². The highest BCUT2D eigenvalue weighted by atomic mass is 35.5. The molecule has 0 heterocycles. The van der Waals surface area contributed by atoms with Gasteiger partial charge in [0.1, 0.15) is 5.75 Å². The molecule has 2 aromatic rings. The van der Waals surface area contributed by atoms with Crippen LogP contribution in [0.1, 0.15) is 11.1 Å². The number of para-hydroxylation sites is 1. The third-order valence-corrected chi connectivity index (χ3v) is 4.68. The molecule has 30 heavy (non-hydrogen) atoms. The molecule has 2 amide bonds. The summed E-state index contributed by atoms with van der Waals surface area (Å²) in [6, 6.07) is 10.2. The van der Waals surface area contributed by atoms with E-state index in [0.717, 1.165) is 11.1 Å². The molecule has 0 radical (unpaired) electrons. The molecule has 0 saturated carbocycles. The zero-order valence-corrected chi connectivity index (χ0v) is 18.3. The first-order chi connectivity index (χ1) is 14.2. The fourth-order valence-electron chi connectivity index (χ4n) is 2.52. The lowest BCUT2D eigenvalue weighted by Gasteiger charge is -2.18. The summed E-state index contributed by atoms with van der Waals surface area (Å²) >= 11 is 11.7. The Morgan fingerprint density at radius 3 is 2.33 bits per heavy atom. The van der Waals surface area contributed by atoms with Crippen molar-refractivity contribution in [3.8, 4) is 5.75 Å². The molecular weight excluding hydrogens is 431 g/mol. The van der Waals surface area contributed by atoms with Crippen LogP contribution < -0.4 is 10.1 Å². The fourth-order valence-corrected chi connectivity index (χ4v) is 2.98. The first kappa shape index (κ1) is 23.5. The molecule has 7 nitrogen and oxygen atoms in total. The second kappa shape index (κ2) is 10.8. The van der Waals surface area contributed by atoms with Crippen LogP contribution in [-0.2, 0) is 19.1 Å². The van der Waals surface area contributed by atoms with Crippen LogP contribution in [0.15, 0.2) is 36.4 Å². The van der Waals surface area contributed by atoms with Gasteiger partial charge in [-0.15, -0.1) is 0 Å². The lowest BCUT2D eigenvalue weighted by atomic mass is 10.1. The summed E-state index contributed by atoms with van der Waals surface area (Å²) in [4.78, 5) is 37.3. The highest BCUT2D eigenvalue weighted by Crippen LogP contribution is 2.27. The zero-order valence-electron chi connectivity index (χ0n) is 16.8. The molecule has 0 bridgehead atoms. The van der Waals surface area contributed by atoms with Crippen LogP contribution in [0.25, 0.3) is 0 Å². The molecule has 0 aliphatic rings. The van der Waals surface area contributed by atoms with Gasteiger partial charge in [0.05, 0.1) is 11.6 Å². The maximum absolute atomic E-state index is 12.2. The Morgan fingerprint density at radius 2 is 1.70 bits per heavy atom. The number of carbonyl (C=O) groups is 3. The van der Waals surface area contributed by atoms with Gasteiger partial charge in [-0.1, -0.05) is 41.4 Å². The maximum atomic E-state index is 12.2. The predicted octanol–water partition coefficient (Wildman–Crippen LogP) is 3.63. The van der Waals surface area contributed by atoms with Crippen LogP contribution in [-0.4, -0.2) is 49.5 Å². The fraction of sp³-hybridized carbons (Fsp3) is 0.286. The van der Waals surface area contributed by atoms with Gasteiger partial charge in [0.25, 0.3) is 5.91 Å². The maximum Gasteiger partial charge on any atom is 0.344 e. The molecule has 0 fully saturated rings. The summed E-state index contributed by atoms with van der Waals surface area (Å²) in [5, 5.41) is 3.48. The van der Waals surface area contributed by atoms with Crippen molar-refractivity contribution in [3.63, 3.8) is 0 Å². The Kier molecular flexibility index (Phi) is 8.50. The van der Waals surface area contributed by atoms with E-state index >= 15 is 0 Å². The molecule has 0 unspecified atom stereocenters. The van der Waals surface area contributed by atoms with Gasteiger partial charge in [-0.2, -0.15) is 0 Å². The molecule has 2 aromatic carbocycles. The van der Waals surface area contributed by atoms with Crippen molar-refractivity contribution >= 4 is 46.7 Å². The van der Waals surface area contributed by atoms with E-state index in [-0.39, 0.29) is 23.2 Å². The number of esters is 1. The zero-order chi connectivity index (χ0) is 22.3. The van der Waals surface area contributed by atoms with E-state index in [1.165, 1.54) is 24.1 Å². The number of likely N-dealkylation sites (N-methyl/N-ethyl adjacent to an activating group) is 1. The van der Waals surface area contributed by atoms with E-state index in [1.807, 2.05) is 32.0 Å². The molecule has 0 aliphatic heterocycles. The van der Waals surface area contributed by atoms with Crippen LogP contribution in [0.4, 0.5) is 5.69 Å². The molecular formula is C21H22Cl2N2O5. The minimum Gasteiger partial charge on any atom is -0.480 e. The number of ether oxygens (including phenoxy) is 2. The molecule has 0 aliphatic carbocycles. The highest BCUT2D eigenvalue weighted by Gasteiger charge is 2.17. The largest absolute Gasteiger partial charge is 0.480 e. The molecule has 1 N–H and O–H groups in total. The van der Waals surface area contributed by atoms with Crippen LogP contribution in [0.5, 0.6) is 5.75 Å². The highest BCUT2D eigenvalue weighted by molar-refractivity contribution is 6.35. The van der Waals surface area contributed by atoms with E-state index in [4.69, 9.17) is 32.7 Å². The van der Waals surface area contributed by atoms with Crippen molar-refractivity contribution in [2.75, 3.05) is 32.1 Å². The quantitative estimate of drug-likeness (QED) is 0.618. The number of rotatable bonds is 8. The monoisotopic (exact) mass is 452 g/mol. The first-order valence-electron chi connectivity index (χ1n) is 9.01. The van der Waals surface area contributed by atoms with Gasteiger partial charge in [0.15, 0.2) is 13.2 Å². The average molecular weight is 453 g/mol. The standard InChI is InChI=1S/C21H22Cl2N2O5/c1-13-5-4-6-14(2)21(13)24-18(26)10-25(3)19(27)11-30-20(28)12-29-17-8-7-15(22)9-16(17)23/h4-9H,10-12H2,1-3H3,(H,24,26). The molecule has 0 spiro atoms. The number of halogens is 2. The number of nitrogens with one attached hydrogen (secondary N) is 1. The first-order valence-corrected chi connectivity index (χ1v) is 9.76. The SMILES string of the molecule is Cc1cccc(C)c1NC(=O)CN(C)C(=O)COC(=O)COc1ccc(Cl)cc1Cl. The Morgan fingerprint density at radius 1 is 1.03 bits per heavy atom. The molecule has 0 atom stereocenters. The van der Waals surface area contributed by atoms with Gasteiger partial charge >= 0.3 is 5.97 Å². The van der Waals surface area contributed by atoms with E-state index in [1.54, 1.807) is 6.07 Å². The van der Waals surface area contributed by atoms with E-state index in [0.29, 0.717) is 10.7 Å². The number of amides is 2. The van der Waals surface area contributed by atoms with Gasteiger partial charge in [-0.3, -0.25) is 9.59 Å². The van der Waals surface area contributed by atoms with Gasteiger partial charge in [0.2, 0.25) is 5.91 Å². The summed E-state index contributed by atoms with van der Waals surface area (Å²) in [7, 11) is 1.45. The third-order valence-electron chi connectivity index (χ3n) is 4.15.